The van der Waals surface area contributed by atoms with Gasteiger partial charge in [0.2, 0.25) is 0 Å². The molecule has 5 nitrogen and oxygen atoms in total. The van der Waals surface area contributed by atoms with Crippen molar-refractivity contribution in [2.45, 2.75) is 63.4 Å². The summed E-state index contributed by atoms with van der Waals surface area (Å²) in [6.07, 6.45) is 4.17. The van der Waals surface area contributed by atoms with Crippen LogP contribution < -0.4 is 5.73 Å². The molecule has 0 aromatic carbocycles. The molecule has 0 radical (unpaired) electrons. The van der Waals surface area contributed by atoms with Gasteiger partial charge in [-0.3, -0.25) is 0 Å². The number of rotatable bonds is 5. The summed E-state index contributed by atoms with van der Waals surface area (Å²) >= 11 is 0. The molecule has 2 rings (SSSR count). The number of hydrogen-bond donors (Lipinski definition) is 1. The zero-order chi connectivity index (χ0) is 14.0. The van der Waals surface area contributed by atoms with Crippen molar-refractivity contribution in [3.63, 3.8) is 0 Å². The van der Waals surface area contributed by atoms with Crippen LogP contribution in [0.15, 0.2) is 0 Å². The topological polar surface area (TPSA) is 70.8 Å². The van der Waals surface area contributed by atoms with E-state index < -0.39 is 5.54 Å². The maximum atomic E-state index is 11.9. The average molecular weight is 271 g/mol. The van der Waals surface area contributed by atoms with Gasteiger partial charge < -0.3 is 19.9 Å². The van der Waals surface area contributed by atoms with Crippen LogP contribution in [0.3, 0.4) is 0 Å². The molecule has 0 amide bonds. The standard InChI is InChI=1S/C14H25NO4/c1-9-6-12(7-10(2)19-9)18-8-14(15,11-4-5-11)13(16)17-3/h9-12H,4-8,15H2,1-3H3. The van der Waals surface area contributed by atoms with Gasteiger partial charge in [-0.25, -0.2) is 4.79 Å². The van der Waals surface area contributed by atoms with Crippen molar-refractivity contribution in [2.24, 2.45) is 11.7 Å². The fraction of sp³-hybridized carbons (Fsp3) is 0.929. The third-order valence-electron chi connectivity index (χ3n) is 4.08. The van der Waals surface area contributed by atoms with Gasteiger partial charge in [-0.05, 0) is 45.4 Å². The lowest BCUT2D eigenvalue weighted by Gasteiger charge is -2.34. The average Bonchev–Trinajstić information content (AvgIpc) is 3.18. The van der Waals surface area contributed by atoms with Crippen molar-refractivity contribution in [3.05, 3.63) is 0 Å². The first-order valence-corrected chi connectivity index (χ1v) is 7.10. The summed E-state index contributed by atoms with van der Waals surface area (Å²) in [7, 11) is 1.38. The molecule has 1 saturated heterocycles. The van der Waals surface area contributed by atoms with Crippen molar-refractivity contribution in [1.29, 1.82) is 0 Å². The van der Waals surface area contributed by atoms with E-state index in [2.05, 4.69) is 0 Å². The smallest absolute Gasteiger partial charge is 0.328 e. The van der Waals surface area contributed by atoms with E-state index in [-0.39, 0.29) is 36.8 Å². The van der Waals surface area contributed by atoms with Crippen molar-refractivity contribution in [2.75, 3.05) is 13.7 Å². The van der Waals surface area contributed by atoms with E-state index in [9.17, 15) is 4.79 Å². The summed E-state index contributed by atoms with van der Waals surface area (Å²) in [6, 6.07) is 0. The highest BCUT2D eigenvalue weighted by Gasteiger charge is 2.49. The quantitative estimate of drug-likeness (QED) is 0.762. The highest BCUT2D eigenvalue weighted by Crippen LogP contribution is 2.39. The molecular formula is C14H25NO4. The van der Waals surface area contributed by atoms with Crippen LogP contribution in [0.5, 0.6) is 0 Å². The first-order chi connectivity index (χ1) is 8.95. The second kappa shape index (κ2) is 5.77. The van der Waals surface area contributed by atoms with Crippen LogP contribution in [0, 0.1) is 5.92 Å². The van der Waals surface area contributed by atoms with Gasteiger partial charge in [-0.1, -0.05) is 0 Å². The number of carbonyl (C=O) groups excluding carboxylic acids is 1. The van der Waals surface area contributed by atoms with Gasteiger partial charge in [0, 0.05) is 0 Å². The number of esters is 1. The maximum Gasteiger partial charge on any atom is 0.328 e. The number of methoxy groups -OCH3 is 1. The van der Waals surface area contributed by atoms with Gasteiger partial charge in [0.05, 0.1) is 32.0 Å². The van der Waals surface area contributed by atoms with E-state index in [1.54, 1.807) is 0 Å². The van der Waals surface area contributed by atoms with E-state index in [1.807, 2.05) is 13.8 Å². The summed E-state index contributed by atoms with van der Waals surface area (Å²) in [5.41, 5.74) is 5.24. The van der Waals surface area contributed by atoms with E-state index in [0.717, 1.165) is 25.7 Å². The van der Waals surface area contributed by atoms with Gasteiger partial charge in [0.15, 0.2) is 0 Å². The number of hydrogen-bond acceptors (Lipinski definition) is 5. The van der Waals surface area contributed by atoms with E-state index in [0.29, 0.717) is 0 Å². The summed E-state index contributed by atoms with van der Waals surface area (Å²) in [6.45, 7) is 4.33. The fourth-order valence-corrected chi connectivity index (χ4v) is 2.87. The molecule has 3 unspecified atom stereocenters. The molecule has 1 aliphatic carbocycles. The van der Waals surface area contributed by atoms with Crippen LogP contribution in [0.25, 0.3) is 0 Å². The molecular weight excluding hydrogens is 246 g/mol. The molecule has 19 heavy (non-hydrogen) atoms. The minimum Gasteiger partial charge on any atom is -0.468 e. The van der Waals surface area contributed by atoms with E-state index in [4.69, 9.17) is 19.9 Å². The number of carbonyl (C=O) groups is 1. The molecule has 5 heteroatoms. The van der Waals surface area contributed by atoms with Crippen LogP contribution in [-0.2, 0) is 19.0 Å². The van der Waals surface area contributed by atoms with Gasteiger partial charge in [0.1, 0.15) is 5.54 Å². The van der Waals surface area contributed by atoms with Crippen molar-refractivity contribution < 1.29 is 19.0 Å². The molecule has 0 spiro atoms. The fourth-order valence-electron chi connectivity index (χ4n) is 2.87. The molecule has 2 N–H and O–H groups in total. The largest absolute Gasteiger partial charge is 0.468 e. The molecule has 2 fully saturated rings. The van der Waals surface area contributed by atoms with E-state index in [1.165, 1.54) is 7.11 Å². The molecule has 0 aromatic rings. The van der Waals surface area contributed by atoms with Gasteiger partial charge >= 0.3 is 5.97 Å². The second-order valence-corrected chi connectivity index (χ2v) is 5.97. The molecule has 0 aromatic heterocycles. The van der Waals surface area contributed by atoms with Crippen molar-refractivity contribution in [3.8, 4) is 0 Å². The highest BCUT2D eigenvalue weighted by molar-refractivity contribution is 5.81. The Balaban J connectivity index is 1.90. The van der Waals surface area contributed by atoms with Gasteiger partial charge in [-0.15, -0.1) is 0 Å². The predicted octanol–water partition coefficient (Wildman–Crippen LogP) is 1.24. The zero-order valence-corrected chi connectivity index (χ0v) is 12.1. The minimum atomic E-state index is -0.973. The molecule has 110 valence electrons. The SMILES string of the molecule is COC(=O)C(N)(COC1CC(C)OC(C)C1)C1CC1. The van der Waals surface area contributed by atoms with Crippen molar-refractivity contribution >= 4 is 5.97 Å². The summed E-state index contributed by atoms with van der Waals surface area (Å²) in [5.74, 6) is -0.155. The molecule has 3 atom stereocenters. The minimum absolute atomic E-state index is 0.116. The lowest BCUT2D eigenvalue weighted by atomic mass is 9.95. The van der Waals surface area contributed by atoms with Crippen molar-refractivity contribution in [1.82, 2.24) is 0 Å². The first kappa shape index (κ1) is 14.8. The van der Waals surface area contributed by atoms with E-state index >= 15 is 0 Å². The normalized spacial score (nSPS) is 34.6. The van der Waals surface area contributed by atoms with Crippen LogP contribution in [-0.4, -0.2) is 43.5 Å². The predicted molar refractivity (Wildman–Crippen MR) is 70.6 cm³/mol. The Morgan fingerprint density at radius 3 is 2.37 bits per heavy atom. The highest BCUT2D eigenvalue weighted by atomic mass is 16.5. The zero-order valence-electron chi connectivity index (χ0n) is 12.1. The Morgan fingerprint density at radius 2 is 1.89 bits per heavy atom. The van der Waals surface area contributed by atoms with Crippen LogP contribution in [0.4, 0.5) is 0 Å². The molecule has 1 heterocycles. The van der Waals surface area contributed by atoms with Crippen LogP contribution in [0.1, 0.15) is 39.5 Å². The molecule has 2 aliphatic rings. The summed E-state index contributed by atoms with van der Waals surface area (Å²) in [5, 5.41) is 0. The first-order valence-electron chi connectivity index (χ1n) is 7.10. The lowest BCUT2D eigenvalue weighted by molar-refractivity contribution is -0.155. The molecule has 0 bridgehead atoms. The van der Waals surface area contributed by atoms with Crippen LogP contribution in [0.2, 0.25) is 0 Å². The maximum absolute atomic E-state index is 11.9. The summed E-state index contributed by atoms with van der Waals surface area (Å²) < 4.78 is 16.4. The Bertz CT molecular complexity index is 321. The second-order valence-electron chi connectivity index (χ2n) is 5.97. The Kier molecular flexibility index (Phi) is 4.48. The monoisotopic (exact) mass is 271 g/mol. The summed E-state index contributed by atoms with van der Waals surface area (Å²) in [4.78, 5) is 11.9. The number of ether oxygens (including phenoxy) is 3. The van der Waals surface area contributed by atoms with Gasteiger partial charge in [-0.2, -0.15) is 0 Å². The molecule has 1 saturated carbocycles. The third kappa shape index (κ3) is 3.46. The Hall–Kier alpha value is -0.650. The number of nitrogens with two attached hydrogens (primary N) is 1. The van der Waals surface area contributed by atoms with Gasteiger partial charge in [0.25, 0.3) is 0 Å². The van der Waals surface area contributed by atoms with Crippen LogP contribution >= 0.6 is 0 Å². The lowest BCUT2D eigenvalue weighted by Crippen LogP contribution is -2.55. The molecule has 1 aliphatic heterocycles. The Labute approximate surface area is 114 Å². The Morgan fingerprint density at radius 1 is 1.32 bits per heavy atom. The third-order valence-corrected chi connectivity index (χ3v) is 4.08.